The number of carbonyl (C=O) groups excluding carboxylic acids is 1. The summed E-state index contributed by atoms with van der Waals surface area (Å²) in [4.78, 5) is 14.7. The quantitative estimate of drug-likeness (QED) is 0.945. The second kappa shape index (κ2) is 5.23. The average Bonchev–Trinajstić information content (AvgIpc) is 2.83. The Balaban J connectivity index is 2.51. The minimum absolute atomic E-state index is 0.181. The Morgan fingerprint density at radius 3 is 2.24 bits per heavy atom. The first-order valence-electron chi connectivity index (χ1n) is 6.26. The zero-order chi connectivity index (χ0) is 15.8. The van der Waals surface area contributed by atoms with Gasteiger partial charge in [0.15, 0.2) is 5.69 Å². The number of hydrogen-bond acceptors (Lipinski definition) is 2. The minimum atomic E-state index is -4.50. The number of aromatic nitrogens is 2. The largest absolute Gasteiger partial charge is 0.434 e. The van der Waals surface area contributed by atoms with Crippen molar-refractivity contribution in [2.45, 2.75) is 26.1 Å². The number of rotatable bonds is 3. The molecule has 7 heteroatoms. The molecule has 2 aromatic rings. The molecule has 21 heavy (non-hydrogen) atoms. The van der Waals surface area contributed by atoms with E-state index in [9.17, 15) is 18.0 Å². The van der Waals surface area contributed by atoms with Crippen LogP contribution in [0.3, 0.4) is 0 Å². The Hall–Kier alpha value is -2.31. The van der Waals surface area contributed by atoms with Crippen molar-refractivity contribution < 1.29 is 18.0 Å². The Morgan fingerprint density at radius 1 is 1.24 bits per heavy atom. The van der Waals surface area contributed by atoms with Crippen LogP contribution in [-0.2, 0) is 6.18 Å². The van der Waals surface area contributed by atoms with Crippen molar-refractivity contribution in [2.75, 3.05) is 0 Å². The lowest BCUT2D eigenvalue weighted by Gasteiger charge is -2.11. The molecule has 0 unspecified atom stereocenters. The fourth-order valence-corrected chi connectivity index (χ4v) is 1.92. The molecule has 0 aliphatic heterocycles. The van der Waals surface area contributed by atoms with E-state index in [1.165, 1.54) is 28.8 Å². The van der Waals surface area contributed by atoms with Gasteiger partial charge in [0.05, 0.1) is 0 Å². The van der Waals surface area contributed by atoms with Crippen LogP contribution in [0, 0.1) is 0 Å². The predicted molar refractivity (Wildman–Crippen MR) is 71.6 cm³/mol. The highest BCUT2D eigenvalue weighted by Crippen LogP contribution is 2.32. The van der Waals surface area contributed by atoms with E-state index in [1.807, 2.05) is 0 Å². The highest BCUT2D eigenvalue weighted by molar-refractivity contribution is 5.93. The molecule has 0 spiro atoms. The maximum Gasteiger partial charge on any atom is 0.434 e. The number of alkyl halides is 3. The lowest BCUT2D eigenvalue weighted by atomic mass is 10.1. The predicted octanol–water partition coefficient (Wildman–Crippen LogP) is 3.25. The van der Waals surface area contributed by atoms with Crippen molar-refractivity contribution >= 4 is 5.91 Å². The van der Waals surface area contributed by atoms with Gasteiger partial charge in [0.2, 0.25) is 5.91 Å². The van der Waals surface area contributed by atoms with Gasteiger partial charge in [0.25, 0.3) is 0 Å². The summed E-state index contributed by atoms with van der Waals surface area (Å²) in [5, 5.41) is 0. The van der Waals surface area contributed by atoms with Crippen LogP contribution in [0.5, 0.6) is 0 Å². The van der Waals surface area contributed by atoms with Crippen LogP contribution in [0.1, 0.15) is 35.9 Å². The van der Waals surface area contributed by atoms with Gasteiger partial charge in [0, 0.05) is 23.4 Å². The summed E-state index contributed by atoms with van der Waals surface area (Å²) in [6.45, 7) is 3.53. The van der Waals surface area contributed by atoms with Crippen LogP contribution >= 0.6 is 0 Å². The van der Waals surface area contributed by atoms with Crippen molar-refractivity contribution in [1.29, 1.82) is 0 Å². The molecule has 2 rings (SSSR count). The Morgan fingerprint density at radius 2 is 1.81 bits per heavy atom. The van der Waals surface area contributed by atoms with Gasteiger partial charge < -0.3 is 10.3 Å². The number of nitrogens with two attached hydrogens (primary N) is 1. The molecule has 0 aliphatic carbocycles. The van der Waals surface area contributed by atoms with Crippen LogP contribution in [0.2, 0.25) is 0 Å². The highest BCUT2D eigenvalue weighted by atomic mass is 19.4. The van der Waals surface area contributed by atoms with Crippen molar-refractivity contribution in [3.8, 4) is 11.4 Å². The first-order chi connectivity index (χ1) is 9.70. The lowest BCUT2D eigenvalue weighted by molar-refractivity contribution is -0.140. The van der Waals surface area contributed by atoms with E-state index in [1.54, 1.807) is 13.8 Å². The van der Waals surface area contributed by atoms with Crippen molar-refractivity contribution in [1.82, 2.24) is 9.55 Å². The Bertz CT molecular complexity index is 657. The molecule has 1 amide bonds. The van der Waals surface area contributed by atoms with Gasteiger partial charge in [-0.25, -0.2) is 4.98 Å². The molecular weight excluding hydrogens is 283 g/mol. The third kappa shape index (κ3) is 3.07. The van der Waals surface area contributed by atoms with E-state index >= 15 is 0 Å². The third-order valence-corrected chi connectivity index (χ3v) is 3.01. The van der Waals surface area contributed by atoms with Gasteiger partial charge in [0.1, 0.15) is 5.82 Å². The standard InChI is InChI=1S/C14H14F3N3O/c1-8(2)20-7-11(14(15,16)17)19-13(20)10-5-3-9(4-6-10)12(18)21/h3-8H,1-2H3,(H2,18,21). The van der Waals surface area contributed by atoms with E-state index in [0.717, 1.165) is 6.20 Å². The number of amides is 1. The fourth-order valence-electron chi connectivity index (χ4n) is 1.92. The monoisotopic (exact) mass is 297 g/mol. The second-order valence-corrected chi connectivity index (χ2v) is 4.89. The molecule has 0 aliphatic rings. The van der Waals surface area contributed by atoms with Crippen LogP contribution in [0.15, 0.2) is 30.5 Å². The molecule has 112 valence electrons. The molecular formula is C14H14F3N3O. The van der Waals surface area contributed by atoms with Crippen molar-refractivity contribution in [3.05, 3.63) is 41.7 Å². The number of nitrogens with zero attached hydrogens (tertiary/aromatic N) is 2. The first-order valence-corrected chi connectivity index (χ1v) is 6.26. The smallest absolute Gasteiger partial charge is 0.366 e. The highest BCUT2D eigenvalue weighted by Gasteiger charge is 2.35. The lowest BCUT2D eigenvalue weighted by Crippen LogP contribution is -2.10. The average molecular weight is 297 g/mol. The van der Waals surface area contributed by atoms with Gasteiger partial charge in [-0.05, 0) is 26.0 Å². The van der Waals surface area contributed by atoms with Gasteiger partial charge >= 0.3 is 6.18 Å². The van der Waals surface area contributed by atoms with E-state index in [2.05, 4.69) is 4.98 Å². The number of hydrogen-bond donors (Lipinski definition) is 1. The summed E-state index contributed by atoms with van der Waals surface area (Å²) in [5.74, 6) is -0.391. The van der Waals surface area contributed by atoms with Gasteiger partial charge in [-0.15, -0.1) is 0 Å². The number of imidazole rings is 1. The molecule has 1 aromatic heterocycles. The van der Waals surface area contributed by atoms with Gasteiger partial charge in [-0.1, -0.05) is 12.1 Å². The summed E-state index contributed by atoms with van der Waals surface area (Å²) in [7, 11) is 0. The first kappa shape index (κ1) is 15.1. The van der Waals surface area contributed by atoms with Crippen LogP contribution in [0.25, 0.3) is 11.4 Å². The molecule has 0 saturated carbocycles. The SMILES string of the molecule is CC(C)n1cc(C(F)(F)F)nc1-c1ccc(C(N)=O)cc1. The van der Waals surface area contributed by atoms with Crippen molar-refractivity contribution in [2.24, 2.45) is 5.73 Å². The van der Waals surface area contributed by atoms with E-state index in [4.69, 9.17) is 5.73 Å². The van der Waals surface area contributed by atoms with Crippen LogP contribution < -0.4 is 5.73 Å². The Kier molecular flexibility index (Phi) is 3.76. The molecule has 0 radical (unpaired) electrons. The van der Waals surface area contributed by atoms with E-state index in [-0.39, 0.29) is 17.4 Å². The van der Waals surface area contributed by atoms with Crippen LogP contribution in [0.4, 0.5) is 13.2 Å². The third-order valence-electron chi connectivity index (χ3n) is 3.01. The summed E-state index contributed by atoms with van der Waals surface area (Å²) in [6, 6.07) is 5.80. The summed E-state index contributed by atoms with van der Waals surface area (Å²) in [5.41, 5.74) is 4.97. The minimum Gasteiger partial charge on any atom is -0.366 e. The maximum absolute atomic E-state index is 12.8. The molecule has 0 atom stereocenters. The molecule has 2 N–H and O–H groups in total. The summed E-state index contributed by atoms with van der Waals surface area (Å²) in [6.07, 6.45) is -3.51. The number of primary amides is 1. The maximum atomic E-state index is 12.8. The summed E-state index contributed by atoms with van der Waals surface area (Å²) < 4.78 is 39.8. The molecule has 0 saturated heterocycles. The molecule has 0 fully saturated rings. The van der Waals surface area contributed by atoms with Gasteiger partial charge in [-0.2, -0.15) is 13.2 Å². The number of carbonyl (C=O) groups is 1. The number of benzene rings is 1. The van der Waals surface area contributed by atoms with E-state index in [0.29, 0.717) is 5.56 Å². The Labute approximate surface area is 119 Å². The molecule has 4 nitrogen and oxygen atoms in total. The normalized spacial score (nSPS) is 11.9. The topological polar surface area (TPSA) is 60.9 Å². The van der Waals surface area contributed by atoms with Gasteiger partial charge in [-0.3, -0.25) is 4.79 Å². The van der Waals surface area contributed by atoms with E-state index < -0.39 is 17.8 Å². The fraction of sp³-hybridized carbons (Fsp3) is 0.286. The second-order valence-electron chi connectivity index (χ2n) is 4.89. The zero-order valence-corrected chi connectivity index (χ0v) is 11.5. The molecule has 1 aromatic carbocycles. The molecule has 0 bridgehead atoms. The van der Waals surface area contributed by atoms with Crippen molar-refractivity contribution in [3.63, 3.8) is 0 Å². The number of halogens is 3. The molecule has 1 heterocycles. The summed E-state index contributed by atoms with van der Waals surface area (Å²) >= 11 is 0. The van der Waals surface area contributed by atoms with Crippen LogP contribution in [-0.4, -0.2) is 15.5 Å². The zero-order valence-electron chi connectivity index (χ0n) is 11.5.